The van der Waals surface area contributed by atoms with Gasteiger partial charge in [0.1, 0.15) is 18.2 Å². The summed E-state index contributed by atoms with van der Waals surface area (Å²) in [5, 5.41) is 6.36. The van der Waals surface area contributed by atoms with E-state index in [2.05, 4.69) is 34.4 Å². The highest BCUT2D eigenvalue weighted by Gasteiger charge is 2.27. The molecule has 2 aliphatic rings. The maximum atomic E-state index is 13.3. The molecule has 1 aliphatic carbocycles. The molecule has 1 atom stereocenters. The molecule has 2 aromatic rings. The van der Waals surface area contributed by atoms with Gasteiger partial charge in [-0.1, -0.05) is 25.4 Å². The van der Waals surface area contributed by atoms with Gasteiger partial charge in [-0.2, -0.15) is 0 Å². The largest absolute Gasteiger partial charge is 0.491 e. The number of ether oxygens (including phenoxy) is 1. The predicted octanol–water partition coefficient (Wildman–Crippen LogP) is 3.58. The van der Waals surface area contributed by atoms with Crippen LogP contribution in [0, 0.1) is 5.92 Å². The summed E-state index contributed by atoms with van der Waals surface area (Å²) in [6.07, 6.45) is 7.16. The van der Waals surface area contributed by atoms with Gasteiger partial charge in [-0.05, 0) is 56.2 Å². The SMILES string of the molecule is CC(C)C[C@H]1COc2ccc(Cl)cc2C(=O)NCCCCN(C(=O)c2cnc(C3CC3)nc2)CC(=O)N1. The summed E-state index contributed by atoms with van der Waals surface area (Å²) >= 11 is 6.14. The Labute approximate surface area is 222 Å². The first-order chi connectivity index (χ1) is 17.8. The Kier molecular flexibility index (Phi) is 8.97. The number of nitrogens with zero attached hydrogens (tertiary/aromatic N) is 3. The highest BCUT2D eigenvalue weighted by molar-refractivity contribution is 6.31. The fourth-order valence-electron chi connectivity index (χ4n) is 4.34. The topological polar surface area (TPSA) is 114 Å². The molecule has 2 N–H and O–H groups in total. The number of fused-ring (bicyclic) bond motifs is 1. The summed E-state index contributed by atoms with van der Waals surface area (Å²) in [6, 6.07) is 4.61. The van der Waals surface area contributed by atoms with E-state index in [1.165, 1.54) is 4.90 Å². The molecule has 2 heterocycles. The van der Waals surface area contributed by atoms with Gasteiger partial charge in [-0.15, -0.1) is 0 Å². The van der Waals surface area contributed by atoms with E-state index in [0.29, 0.717) is 66.1 Å². The first-order valence-electron chi connectivity index (χ1n) is 12.9. The second kappa shape index (κ2) is 12.4. The zero-order valence-electron chi connectivity index (χ0n) is 21.3. The number of rotatable bonds is 4. The van der Waals surface area contributed by atoms with Gasteiger partial charge in [0.25, 0.3) is 11.8 Å². The third-order valence-electron chi connectivity index (χ3n) is 6.37. The van der Waals surface area contributed by atoms with E-state index in [1.54, 1.807) is 30.6 Å². The van der Waals surface area contributed by atoms with Crippen molar-refractivity contribution in [3.8, 4) is 5.75 Å². The lowest BCUT2D eigenvalue weighted by Gasteiger charge is -2.25. The molecule has 0 radical (unpaired) electrons. The zero-order chi connectivity index (χ0) is 26.4. The van der Waals surface area contributed by atoms with Crippen molar-refractivity contribution in [2.75, 3.05) is 26.2 Å². The Morgan fingerprint density at radius 1 is 1.19 bits per heavy atom. The van der Waals surface area contributed by atoms with Crippen molar-refractivity contribution in [3.05, 3.63) is 52.6 Å². The smallest absolute Gasteiger partial charge is 0.257 e. The lowest BCUT2D eigenvalue weighted by atomic mass is 10.0. The quantitative estimate of drug-likeness (QED) is 0.628. The number of hydrogen-bond acceptors (Lipinski definition) is 6. The van der Waals surface area contributed by atoms with Crippen LogP contribution in [0.4, 0.5) is 0 Å². The lowest BCUT2D eigenvalue weighted by Crippen LogP contribution is -2.46. The molecule has 10 heteroatoms. The van der Waals surface area contributed by atoms with Crippen molar-refractivity contribution in [3.63, 3.8) is 0 Å². The molecular weight excluding hydrogens is 494 g/mol. The van der Waals surface area contributed by atoms with Crippen LogP contribution < -0.4 is 15.4 Å². The van der Waals surface area contributed by atoms with Gasteiger partial charge in [0.2, 0.25) is 5.91 Å². The standard InChI is InChI=1S/C27H34ClN5O4/c1-17(2)11-21-16-37-23-8-7-20(28)12-22(23)26(35)29-9-3-4-10-33(15-24(34)32-21)27(36)19-13-30-25(31-14-19)18-5-6-18/h7-8,12-14,17-18,21H,3-6,9-11,15-16H2,1-2H3,(H,29,35)(H,32,34)/t21-/m0/s1. The molecule has 1 aromatic carbocycles. The molecule has 0 unspecified atom stereocenters. The molecule has 0 bridgehead atoms. The number of aromatic nitrogens is 2. The lowest BCUT2D eigenvalue weighted by molar-refractivity contribution is -0.122. The summed E-state index contributed by atoms with van der Waals surface area (Å²) in [7, 11) is 0. The van der Waals surface area contributed by atoms with E-state index in [9.17, 15) is 14.4 Å². The van der Waals surface area contributed by atoms with E-state index in [0.717, 1.165) is 18.7 Å². The van der Waals surface area contributed by atoms with Gasteiger partial charge < -0.3 is 20.3 Å². The van der Waals surface area contributed by atoms with Crippen LogP contribution in [0.25, 0.3) is 0 Å². The molecule has 198 valence electrons. The van der Waals surface area contributed by atoms with Crippen molar-refractivity contribution < 1.29 is 19.1 Å². The minimum absolute atomic E-state index is 0.0869. The van der Waals surface area contributed by atoms with Crippen molar-refractivity contribution in [2.24, 2.45) is 5.92 Å². The van der Waals surface area contributed by atoms with E-state index >= 15 is 0 Å². The zero-order valence-corrected chi connectivity index (χ0v) is 22.1. The molecule has 0 spiro atoms. The Hall–Kier alpha value is -3.20. The average Bonchev–Trinajstić information content (AvgIpc) is 3.71. The molecule has 4 rings (SSSR count). The maximum absolute atomic E-state index is 13.3. The number of hydrogen-bond donors (Lipinski definition) is 2. The van der Waals surface area contributed by atoms with Crippen molar-refractivity contribution >= 4 is 29.3 Å². The molecule has 1 saturated carbocycles. The van der Waals surface area contributed by atoms with Crippen LogP contribution in [0.5, 0.6) is 5.75 Å². The van der Waals surface area contributed by atoms with Gasteiger partial charge in [0.05, 0.1) is 23.7 Å². The van der Waals surface area contributed by atoms with Crippen LogP contribution in [0.3, 0.4) is 0 Å². The van der Waals surface area contributed by atoms with Gasteiger partial charge >= 0.3 is 0 Å². The van der Waals surface area contributed by atoms with Gasteiger partial charge in [0.15, 0.2) is 0 Å². The Morgan fingerprint density at radius 3 is 2.65 bits per heavy atom. The second-order valence-electron chi connectivity index (χ2n) is 10.1. The average molecular weight is 528 g/mol. The van der Waals surface area contributed by atoms with Crippen LogP contribution in [0.15, 0.2) is 30.6 Å². The Morgan fingerprint density at radius 2 is 1.95 bits per heavy atom. The molecule has 1 aromatic heterocycles. The van der Waals surface area contributed by atoms with E-state index in [4.69, 9.17) is 16.3 Å². The molecule has 3 amide bonds. The van der Waals surface area contributed by atoms with Gasteiger partial charge in [-0.25, -0.2) is 9.97 Å². The van der Waals surface area contributed by atoms with E-state index < -0.39 is 0 Å². The van der Waals surface area contributed by atoms with Crippen molar-refractivity contribution in [1.29, 1.82) is 0 Å². The molecule has 1 fully saturated rings. The normalized spacial score (nSPS) is 19.7. The Balaban J connectivity index is 1.51. The molecule has 0 saturated heterocycles. The number of carbonyl (C=O) groups excluding carboxylic acids is 3. The maximum Gasteiger partial charge on any atom is 0.257 e. The minimum atomic E-state index is -0.303. The second-order valence-corrected chi connectivity index (χ2v) is 10.6. The third-order valence-corrected chi connectivity index (χ3v) is 6.61. The minimum Gasteiger partial charge on any atom is -0.491 e. The summed E-state index contributed by atoms with van der Waals surface area (Å²) in [5.74, 6) is 1.03. The van der Waals surface area contributed by atoms with E-state index in [1.807, 2.05) is 0 Å². The molecular formula is C27H34ClN5O4. The van der Waals surface area contributed by atoms with Crippen LogP contribution in [0.1, 0.15) is 78.4 Å². The summed E-state index contributed by atoms with van der Waals surface area (Å²) < 4.78 is 6.00. The van der Waals surface area contributed by atoms with Crippen LogP contribution >= 0.6 is 11.6 Å². The summed E-state index contributed by atoms with van der Waals surface area (Å²) in [5.41, 5.74) is 0.709. The van der Waals surface area contributed by atoms with Gasteiger partial charge in [-0.3, -0.25) is 14.4 Å². The molecule has 9 nitrogen and oxygen atoms in total. The fraction of sp³-hybridized carbons (Fsp3) is 0.519. The number of amides is 3. The van der Waals surface area contributed by atoms with Crippen molar-refractivity contribution in [1.82, 2.24) is 25.5 Å². The Bertz CT molecular complexity index is 1120. The predicted molar refractivity (Wildman–Crippen MR) is 140 cm³/mol. The summed E-state index contributed by atoms with van der Waals surface area (Å²) in [4.78, 5) is 49.4. The first-order valence-corrected chi connectivity index (χ1v) is 13.3. The molecule has 1 aliphatic heterocycles. The fourth-order valence-corrected chi connectivity index (χ4v) is 4.51. The highest BCUT2D eigenvalue weighted by atomic mass is 35.5. The number of carbonyl (C=O) groups is 3. The highest BCUT2D eigenvalue weighted by Crippen LogP contribution is 2.37. The van der Waals surface area contributed by atoms with Gasteiger partial charge in [0, 0.05) is 36.4 Å². The van der Waals surface area contributed by atoms with Crippen LogP contribution in [0.2, 0.25) is 5.02 Å². The number of halogens is 1. The number of benzene rings is 1. The van der Waals surface area contributed by atoms with Crippen LogP contribution in [-0.4, -0.2) is 64.9 Å². The monoisotopic (exact) mass is 527 g/mol. The third kappa shape index (κ3) is 7.64. The van der Waals surface area contributed by atoms with E-state index in [-0.39, 0.29) is 36.9 Å². The number of nitrogens with one attached hydrogen (secondary N) is 2. The van der Waals surface area contributed by atoms with Crippen molar-refractivity contribution in [2.45, 2.75) is 57.9 Å². The summed E-state index contributed by atoms with van der Waals surface area (Å²) in [6.45, 7) is 4.98. The van der Waals surface area contributed by atoms with Crippen LogP contribution in [-0.2, 0) is 4.79 Å². The molecule has 37 heavy (non-hydrogen) atoms. The first kappa shape index (κ1) is 26.9.